The smallest absolute Gasteiger partial charge is 0.337 e. The highest BCUT2D eigenvalue weighted by Crippen LogP contribution is 2.26. The number of halogens is 1. The van der Waals surface area contributed by atoms with Crippen LogP contribution in [0.15, 0.2) is 12.3 Å². The predicted octanol–water partition coefficient (Wildman–Crippen LogP) is 3.45. The lowest BCUT2D eigenvalue weighted by Gasteiger charge is -2.27. The summed E-state index contributed by atoms with van der Waals surface area (Å²) in [7, 11) is 1.95. The average molecular weight is 283 g/mol. The number of carboxylic acids is 1. The van der Waals surface area contributed by atoms with E-state index in [-0.39, 0.29) is 10.6 Å². The maximum atomic E-state index is 11.1. The summed E-state index contributed by atoms with van der Waals surface area (Å²) >= 11 is 5.83. The molecule has 1 fully saturated rings. The van der Waals surface area contributed by atoms with Crippen molar-refractivity contribution in [1.29, 1.82) is 0 Å². The van der Waals surface area contributed by atoms with Crippen LogP contribution in [0.1, 0.15) is 42.5 Å². The molecule has 104 valence electrons. The van der Waals surface area contributed by atoms with E-state index in [0.717, 1.165) is 6.54 Å². The minimum atomic E-state index is -1.01. The molecule has 0 spiro atoms. The number of hydrogen-bond acceptors (Lipinski definition) is 3. The van der Waals surface area contributed by atoms with E-state index in [4.69, 9.17) is 16.7 Å². The molecular formula is C14H19ClN2O2. The zero-order valence-corrected chi connectivity index (χ0v) is 11.9. The summed E-state index contributed by atoms with van der Waals surface area (Å²) in [5.74, 6) is 0.344. The summed E-state index contributed by atoms with van der Waals surface area (Å²) < 4.78 is 0. The topological polar surface area (TPSA) is 53.4 Å². The van der Waals surface area contributed by atoms with Crippen molar-refractivity contribution in [2.24, 2.45) is 5.92 Å². The average Bonchev–Trinajstić information content (AvgIpc) is 2.40. The first-order valence-corrected chi connectivity index (χ1v) is 7.05. The Balaban J connectivity index is 2.07. The molecule has 2 rings (SSSR count). The first kappa shape index (κ1) is 14.1. The van der Waals surface area contributed by atoms with Gasteiger partial charge in [-0.1, -0.05) is 30.9 Å². The first-order chi connectivity index (χ1) is 9.08. The van der Waals surface area contributed by atoms with Gasteiger partial charge in [0.15, 0.2) is 0 Å². The number of anilines is 1. The van der Waals surface area contributed by atoms with Gasteiger partial charge in [0.2, 0.25) is 0 Å². The van der Waals surface area contributed by atoms with Crippen LogP contribution in [0.4, 0.5) is 5.82 Å². The Morgan fingerprint density at radius 1 is 1.47 bits per heavy atom. The molecule has 0 radical (unpaired) electrons. The summed E-state index contributed by atoms with van der Waals surface area (Å²) in [6, 6.07) is 1.55. The van der Waals surface area contributed by atoms with Gasteiger partial charge in [-0.15, -0.1) is 0 Å². The fourth-order valence-corrected chi connectivity index (χ4v) is 2.84. The predicted molar refractivity (Wildman–Crippen MR) is 76.1 cm³/mol. The summed E-state index contributed by atoms with van der Waals surface area (Å²) in [5.41, 5.74) is 0.113. The number of carbonyl (C=O) groups is 1. The van der Waals surface area contributed by atoms with Crippen molar-refractivity contribution in [2.75, 3.05) is 18.5 Å². The molecule has 1 aliphatic carbocycles. The van der Waals surface area contributed by atoms with E-state index < -0.39 is 5.97 Å². The van der Waals surface area contributed by atoms with Crippen LogP contribution >= 0.6 is 11.6 Å². The zero-order chi connectivity index (χ0) is 13.8. The second kappa shape index (κ2) is 6.24. The summed E-state index contributed by atoms with van der Waals surface area (Å²) in [6.45, 7) is 0.924. The molecule has 0 bridgehead atoms. The second-order valence-corrected chi connectivity index (χ2v) is 5.62. The lowest BCUT2D eigenvalue weighted by molar-refractivity contribution is 0.0697. The molecule has 1 N–H and O–H groups in total. The summed E-state index contributed by atoms with van der Waals surface area (Å²) in [5, 5.41) is 9.25. The molecule has 0 atom stereocenters. The normalized spacial score (nSPS) is 16.3. The van der Waals surface area contributed by atoms with Gasteiger partial charge in [-0.25, -0.2) is 9.78 Å². The third-order valence-electron chi connectivity index (χ3n) is 3.72. The summed E-state index contributed by atoms with van der Waals surface area (Å²) in [6.07, 6.45) is 7.85. The van der Waals surface area contributed by atoms with Crippen LogP contribution in [-0.4, -0.2) is 29.7 Å². The molecule has 0 saturated heterocycles. The number of rotatable bonds is 4. The van der Waals surface area contributed by atoms with Crippen molar-refractivity contribution in [3.8, 4) is 0 Å². The van der Waals surface area contributed by atoms with Crippen LogP contribution in [-0.2, 0) is 0 Å². The summed E-state index contributed by atoms with van der Waals surface area (Å²) in [4.78, 5) is 17.3. The Labute approximate surface area is 118 Å². The van der Waals surface area contributed by atoms with Gasteiger partial charge in [0.25, 0.3) is 0 Å². The molecule has 1 aromatic heterocycles. The van der Waals surface area contributed by atoms with Gasteiger partial charge >= 0.3 is 5.97 Å². The van der Waals surface area contributed by atoms with Crippen LogP contribution in [0.2, 0.25) is 5.02 Å². The van der Waals surface area contributed by atoms with Crippen LogP contribution < -0.4 is 4.90 Å². The molecule has 4 nitrogen and oxygen atoms in total. The number of nitrogens with zero attached hydrogens (tertiary/aromatic N) is 2. The maximum absolute atomic E-state index is 11.1. The molecule has 1 aromatic rings. The minimum absolute atomic E-state index is 0.113. The van der Waals surface area contributed by atoms with Gasteiger partial charge in [-0.05, 0) is 24.8 Å². The van der Waals surface area contributed by atoms with E-state index in [1.165, 1.54) is 38.3 Å². The molecule has 1 heterocycles. The van der Waals surface area contributed by atoms with Crippen molar-refractivity contribution < 1.29 is 9.90 Å². The lowest BCUT2D eigenvalue weighted by Crippen LogP contribution is -2.27. The molecule has 0 aliphatic heterocycles. The number of hydrogen-bond donors (Lipinski definition) is 1. The van der Waals surface area contributed by atoms with Gasteiger partial charge in [0.05, 0.1) is 10.6 Å². The van der Waals surface area contributed by atoms with E-state index in [9.17, 15) is 4.79 Å². The zero-order valence-electron chi connectivity index (χ0n) is 11.1. The van der Waals surface area contributed by atoms with Crippen molar-refractivity contribution in [3.05, 3.63) is 22.8 Å². The van der Waals surface area contributed by atoms with Crippen molar-refractivity contribution in [2.45, 2.75) is 32.1 Å². The van der Waals surface area contributed by atoms with Crippen molar-refractivity contribution in [3.63, 3.8) is 0 Å². The maximum Gasteiger partial charge on any atom is 0.337 e. The number of aromatic carboxylic acids is 1. The standard InChI is InChI=1S/C14H19ClN2O2/c1-17(9-10-5-3-2-4-6-10)13-7-11(14(18)19)12(15)8-16-13/h7-8,10H,2-6,9H2,1H3,(H,18,19). The van der Waals surface area contributed by atoms with Crippen molar-refractivity contribution in [1.82, 2.24) is 4.98 Å². The molecule has 1 saturated carbocycles. The van der Waals surface area contributed by atoms with Gasteiger partial charge < -0.3 is 10.0 Å². The number of pyridine rings is 1. The van der Waals surface area contributed by atoms with E-state index in [1.54, 1.807) is 6.07 Å². The second-order valence-electron chi connectivity index (χ2n) is 5.21. The largest absolute Gasteiger partial charge is 0.478 e. The Morgan fingerprint density at radius 3 is 2.79 bits per heavy atom. The molecule has 19 heavy (non-hydrogen) atoms. The van der Waals surface area contributed by atoms with Gasteiger partial charge in [-0.2, -0.15) is 0 Å². The fourth-order valence-electron chi connectivity index (χ4n) is 2.65. The minimum Gasteiger partial charge on any atom is -0.478 e. The quantitative estimate of drug-likeness (QED) is 0.919. The van der Waals surface area contributed by atoms with Crippen LogP contribution in [0.5, 0.6) is 0 Å². The van der Waals surface area contributed by atoms with E-state index in [0.29, 0.717) is 11.7 Å². The van der Waals surface area contributed by atoms with E-state index in [1.807, 2.05) is 11.9 Å². The van der Waals surface area contributed by atoms with Crippen LogP contribution in [0.25, 0.3) is 0 Å². The first-order valence-electron chi connectivity index (χ1n) is 6.68. The molecule has 1 aliphatic rings. The Kier molecular flexibility index (Phi) is 4.64. The highest BCUT2D eigenvalue weighted by atomic mass is 35.5. The van der Waals surface area contributed by atoms with E-state index >= 15 is 0 Å². The van der Waals surface area contributed by atoms with Crippen LogP contribution in [0, 0.1) is 5.92 Å². The number of carboxylic acid groups (broad SMARTS) is 1. The fraction of sp³-hybridized carbons (Fsp3) is 0.571. The third-order valence-corrected chi connectivity index (χ3v) is 4.02. The van der Waals surface area contributed by atoms with Crippen LogP contribution in [0.3, 0.4) is 0 Å². The molecular weight excluding hydrogens is 264 g/mol. The van der Waals surface area contributed by atoms with E-state index in [2.05, 4.69) is 4.98 Å². The molecule has 0 amide bonds. The molecule has 0 unspecified atom stereocenters. The van der Waals surface area contributed by atoms with Crippen molar-refractivity contribution >= 4 is 23.4 Å². The monoisotopic (exact) mass is 282 g/mol. The Morgan fingerprint density at radius 2 is 2.16 bits per heavy atom. The third kappa shape index (κ3) is 3.60. The molecule has 5 heteroatoms. The lowest BCUT2D eigenvalue weighted by atomic mass is 9.89. The highest BCUT2D eigenvalue weighted by molar-refractivity contribution is 6.33. The SMILES string of the molecule is CN(CC1CCCCC1)c1cc(C(=O)O)c(Cl)cn1. The van der Waals surface area contributed by atoms with Gasteiger partial charge in [-0.3, -0.25) is 0 Å². The molecule has 0 aromatic carbocycles. The Hall–Kier alpha value is -1.29. The van der Waals surface area contributed by atoms with Gasteiger partial charge in [0, 0.05) is 19.8 Å². The highest BCUT2D eigenvalue weighted by Gasteiger charge is 2.18. The Bertz CT molecular complexity index is 459. The van der Waals surface area contributed by atoms with Gasteiger partial charge in [0.1, 0.15) is 5.82 Å². The number of aromatic nitrogens is 1.